The summed E-state index contributed by atoms with van der Waals surface area (Å²) in [6.07, 6.45) is -5.68. The van der Waals surface area contributed by atoms with Crippen molar-refractivity contribution in [3.05, 3.63) is 36.0 Å². The van der Waals surface area contributed by atoms with Gasteiger partial charge in [0, 0.05) is 5.39 Å². The van der Waals surface area contributed by atoms with Crippen LogP contribution in [-0.4, -0.2) is 18.3 Å². The third-order valence-corrected chi connectivity index (χ3v) is 2.58. The number of alkyl halides is 5. The van der Waals surface area contributed by atoms with E-state index in [0.29, 0.717) is 11.5 Å². The number of methoxy groups -OCH3 is 1. The lowest BCUT2D eigenvalue weighted by Crippen LogP contribution is -2.34. The predicted octanol–water partition coefficient (Wildman–Crippen LogP) is 3.90. The average Bonchev–Trinajstić information content (AvgIpc) is 2.36. The molecule has 2 nitrogen and oxygen atoms in total. The van der Waals surface area contributed by atoms with Gasteiger partial charge in [-0.3, -0.25) is 0 Å². The van der Waals surface area contributed by atoms with Crippen LogP contribution in [0.15, 0.2) is 30.3 Å². The molecule has 7 heteroatoms. The number of ether oxygens (including phenoxy) is 1. The van der Waals surface area contributed by atoms with Crippen molar-refractivity contribution in [2.24, 2.45) is 0 Å². The van der Waals surface area contributed by atoms with E-state index >= 15 is 0 Å². The van der Waals surface area contributed by atoms with Gasteiger partial charge in [-0.2, -0.15) is 22.0 Å². The van der Waals surface area contributed by atoms with E-state index in [1.54, 1.807) is 12.1 Å². The molecule has 1 aromatic heterocycles. The van der Waals surface area contributed by atoms with Gasteiger partial charge in [0.2, 0.25) is 0 Å². The fourth-order valence-electron chi connectivity index (χ4n) is 1.60. The van der Waals surface area contributed by atoms with Crippen LogP contribution in [0, 0.1) is 0 Å². The molecule has 0 aliphatic rings. The molecule has 0 aliphatic carbocycles. The van der Waals surface area contributed by atoms with Gasteiger partial charge in [-0.1, -0.05) is 18.2 Å². The van der Waals surface area contributed by atoms with Gasteiger partial charge in [0.1, 0.15) is 17.0 Å². The largest absolute Gasteiger partial charge is 0.494 e. The van der Waals surface area contributed by atoms with Gasteiger partial charge in [-0.25, -0.2) is 4.98 Å². The summed E-state index contributed by atoms with van der Waals surface area (Å²) in [5, 5.41) is 0.418. The van der Waals surface area contributed by atoms with Crippen LogP contribution in [-0.2, 0) is 5.92 Å². The Labute approximate surface area is 104 Å². The number of nitrogens with zero attached hydrogens (tertiary/aromatic N) is 1. The quantitative estimate of drug-likeness (QED) is 0.777. The summed E-state index contributed by atoms with van der Waals surface area (Å²) in [6, 6.07) is 6.38. The lowest BCUT2D eigenvalue weighted by Gasteiger charge is -2.19. The molecule has 19 heavy (non-hydrogen) atoms. The topological polar surface area (TPSA) is 22.1 Å². The van der Waals surface area contributed by atoms with Crippen molar-refractivity contribution in [3.8, 4) is 5.75 Å². The van der Waals surface area contributed by atoms with Crippen LogP contribution in [0.2, 0.25) is 0 Å². The predicted molar refractivity (Wildman–Crippen MR) is 58.2 cm³/mol. The zero-order valence-electron chi connectivity index (χ0n) is 9.63. The van der Waals surface area contributed by atoms with Gasteiger partial charge in [0.25, 0.3) is 0 Å². The fourth-order valence-corrected chi connectivity index (χ4v) is 1.60. The number of hydrogen-bond donors (Lipinski definition) is 0. The Morgan fingerprint density at radius 3 is 2.26 bits per heavy atom. The molecule has 102 valence electrons. The summed E-state index contributed by atoms with van der Waals surface area (Å²) >= 11 is 0. The normalized spacial score (nSPS) is 12.7. The molecule has 2 rings (SSSR count). The molecule has 2 aromatic rings. The Morgan fingerprint density at radius 1 is 1.00 bits per heavy atom. The van der Waals surface area contributed by atoms with Crippen molar-refractivity contribution in [2.75, 3.05) is 7.11 Å². The molecule has 0 unspecified atom stereocenters. The number of aromatic nitrogens is 1. The smallest absolute Gasteiger partial charge is 0.459 e. The summed E-state index contributed by atoms with van der Waals surface area (Å²) in [5.41, 5.74) is -1.39. The van der Waals surface area contributed by atoms with E-state index in [9.17, 15) is 22.0 Å². The van der Waals surface area contributed by atoms with E-state index in [-0.39, 0.29) is 11.3 Å². The summed E-state index contributed by atoms with van der Waals surface area (Å²) in [7, 11) is 1.28. The second-order valence-corrected chi connectivity index (χ2v) is 3.80. The molecule has 0 saturated heterocycles. The maximum atomic E-state index is 13.2. The first-order chi connectivity index (χ1) is 8.77. The van der Waals surface area contributed by atoms with Crippen LogP contribution >= 0.6 is 0 Å². The van der Waals surface area contributed by atoms with Crippen LogP contribution in [0.25, 0.3) is 10.9 Å². The van der Waals surface area contributed by atoms with Crippen LogP contribution in [0.3, 0.4) is 0 Å². The Balaban J connectivity index is 2.65. The number of halogens is 5. The molecular weight excluding hydrogens is 269 g/mol. The minimum atomic E-state index is -5.68. The highest BCUT2D eigenvalue weighted by atomic mass is 19.4. The molecule has 0 fully saturated rings. The van der Waals surface area contributed by atoms with Crippen LogP contribution < -0.4 is 4.74 Å². The Hall–Kier alpha value is -1.92. The molecule has 0 aliphatic heterocycles. The van der Waals surface area contributed by atoms with Gasteiger partial charge >= 0.3 is 12.1 Å². The minimum absolute atomic E-state index is 0.0357. The zero-order chi connectivity index (χ0) is 14.3. The van der Waals surface area contributed by atoms with Gasteiger partial charge < -0.3 is 4.74 Å². The summed E-state index contributed by atoms with van der Waals surface area (Å²) in [5.74, 6) is -4.86. The van der Waals surface area contributed by atoms with E-state index < -0.39 is 17.8 Å². The standard InChI is InChI=1S/C12H8F5NO/c1-19-8-4-2-3-7-5-6-9(18-10(7)8)11(13,14)12(15,16)17/h2-6H,1H3. The number of fused-ring (bicyclic) bond motifs is 1. The highest BCUT2D eigenvalue weighted by Gasteiger charge is 2.59. The molecule has 0 radical (unpaired) electrons. The van der Waals surface area contributed by atoms with Crippen molar-refractivity contribution < 1.29 is 26.7 Å². The lowest BCUT2D eigenvalue weighted by atomic mass is 10.1. The monoisotopic (exact) mass is 277 g/mol. The van der Waals surface area contributed by atoms with Gasteiger partial charge in [-0.05, 0) is 12.1 Å². The molecule has 1 heterocycles. The Kier molecular flexibility index (Phi) is 3.07. The molecule has 0 saturated carbocycles. The molecule has 0 bridgehead atoms. The fraction of sp³-hybridized carbons (Fsp3) is 0.250. The highest BCUT2D eigenvalue weighted by Crippen LogP contribution is 2.43. The second-order valence-electron chi connectivity index (χ2n) is 3.80. The molecule has 0 amide bonds. The molecule has 0 atom stereocenters. The highest BCUT2D eigenvalue weighted by molar-refractivity contribution is 5.84. The second kappa shape index (κ2) is 4.32. The number of benzene rings is 1. The van der Waals surface area contributed by atoms with Crippen LogP contribution in [0.1, 0.15) is 5.69 Å². The summed E-state index contributed by atoms with van der Waals surface area (Å²) in [4.78, 5) is 3.39. The van der Waals surface area contributed by atoms with Crippen molar-refractivity contribution >= 4 is 10.9 Å². The summed E-state index contributed by atoms with van der Waals surface area (Å²) < 4.78 is 68.1. The maximum absolute atomic E-state index is 13.2. The first kappa shape index (κ1) is 13.5. The SMILES string of the molecule is COc1cccc2ccc(C(F)(F)C(F)(F)F)nc12. The molecule has 1 aromatic carbocycles. The number of hydrogen-bond acceptors (Lipinski definition) is 2. The summed E-state index contributed by atoms with van der Waals surface area (Å²) in [6.45, 7) is 0. The van der Waals surface area contributed by atoms with Crippen molar-refractivity contribution in [1.82, 2.24) is 4.98 Å². The maximum Gasteiger partial charge on any atom is 0.459 e. The van der Waals surface area contributed by atoms with Crippen LogP contribution in [0.5, 0.6) is 5.75 Å². The molecule has 0 spiro atoms. The number of para-hydroxylation sites is 1. The number of pyridine rings is 1. The van der Waals surface area contributed by atoms with E-state index in [0.717, 1.165) is 6.07 Å². The average molecular weight is 277 g/mol. The van der Waals surface area contributed by atoms with E-state index in [2.05, 4.69) is 4.98 Å². The van der Waals surface area contributed by atoms with Gasteiger partial charge in [0.05, 0.1) is 7.11 Å². The van der Waals surface area contributed by atoms with Crippen molar-refractivity contribution in [2.45, 2.75) is 12.1 Å². The Bertz CT molecular complexity index is 609. The molecule has 0 N–H and O–H groups in total. The van der Waals surface area contributed by atoms with Crippen LogP contribution in [0.4, 0.5) is 22.0 Å². The van der Waals surface area contributed by atoms with Gasteiger partial charge in [-0.15, -0.1) is 0 Å². The Morgan fingerprint density at radius 2 is 1.68 bits per heavy atom. The minimum Gasteiger partial charge on any atom is -0.494 e. The molecular formula is C12H8F5NO. The van der Waals surface area contributed by atoms with E-state index in [1.165, 1.54) is 13.2 Å². The van der Waals surface area contributed by atoms with E-state index in [1.807, 2.05) is 0 Å². The van der Waals surface area contributed by atoms with Gasteiger partial charge in [0.15, 0.2) is 0 Å². The number of rotatable bonds is 2. The van der Waals surface area contributed by atoms with E-state index in [4.69, 9.17) is 4.74 Å². The first-order valence-corrected chi connectivity index (χ1v) is 5.16. The zero-order valence-corrected chi connectivity index (χ0v) is 9.63. The first-order valence-electron chi connectivity index (χ1n) is 5.16. The lowest BCUT2D eigenvalue weighted by molar-refractivity contribution is -0.290. The van der Waals surface area contributed by atoms with Crippen molar-refractivity contribution in [1.29, 1.82) is 0 Å². The van der Waals surface area contributed by atoms with Crippen molar-refractivity contribution in [3.63, 3.8) is 0 Å². The third-order valence-electron chi connectivity index (χ3n) is 2.58. The third kappa shape index (κ3) is 2.20.